The molecular weight excluding hydrogens is 605 g/mol. The highest BCUT2D eigenvalue weighted by atomic mass is 35.5. The molecule has 4 aromatic carbocycles. The molecule has 0 fully saturated rings. The van der Waals surface area contributed by atoms with Crippen LogP contribution in [0.3, 0.4) is 0 Å². The van der Waals surface area contributed by atoms with Crippen molar-refractivity contribution in [1.82, 2.24) is 0 Å². The van der Waals surface area contributed by atoms with E-state index < -0.39 is 47.2 Å². The van der Waals surface area contributed by atoms with Gasteiger partial charge in [0.05, 0.1) is 17.0 Å². The minimum Gasteiger partial charge on any atom is -0.374 e. The van der Waals surface area contributed by atoms with Crippen molar-refractivity contribution in [2.75, 3.05) is 10.6 Å². The van der Waals surface area contributed by atoms with Crippen LogP contribution in [0.1, 0.15) is 49.4 Å². The molecule has 1 aliphatic rings. The quantitative estimate of drug-likeness (QED) is 0.211. The molecule has 1 unspecified atom stereocenters. The van der Waals surface area contributed by atoms with Gasteiger partial charge in [0.1, 0.15) is 5.82 Å². The molecule has 1 atom stereocenters. The number of halogens is 6. The summed E-state index contributed by atoms with van der Waals surface area (Å²) in [5.41, 5.74) is -2.61. The van der Waals surface area contributed by atoms with Gasteiger partial charge in [-0.05, 0) is 85.1 Å². The van der Waals surface area contributed by atoms with E-state index in [9.17, 15) is 27.2 Å². The van der Waals surface area contributed by atoms with Gasteiger partial charge in [0.2, 0.25) is 0 Å². The zero-order chi connectivity index (χ0) is 31.8. The number of amides is 2. The maximum absolute atomic E-state index is 15.4. The number of aryl methyl sites for hydroxylation is 2. The first-order valence-electron chi connectivity index (χ1n) is 13.2. The van der Waals surface area contributed by atoms with Crippen LogP contribution in [0.25, 0.3) is 0 Å². The second-order valence-electron chi connectivity index (χ2n) is 10.2. The van der Waals surface area contributed by atoms with Gasteiger partial charge < -0.3 is 15.5 Å². The zero-order valence-corrected chi connectivity index (χ0v) is 23.9. The third-order valence-electron chi connectivity index (χ3n) is 7.18. The van der Waals surface area contributed by atoms with Gasteiger partial charge >= 0.3 is 6.18 Å². The minimum absolute atomic E-state index is 0.00665. The van der Waals surface area contributed by atoms with Crippen LogP contribution < -0.4 is 10.6 Å². The molecule has 1 heterocycles. The van der Waals surface area contributed by atoms with Gasteiger partial charge in [-0.3, -0.25) is 9.59 Å². The Hall–Kier alpha value is -4.77. The summed E-state index contributed by atoms with van der Waals surface area (Å²) in [5.74, 6) is -3.09. The molecule has 226 valence electrons. The number of hydrogen-bond acceptors (Lipinski definition) is 4. The summed E-state index contributed by atoms with van der Waals surface area (Å²) in [6.07, 6.45) is -5.55. The summed E-state index contributed by atoms with van der Waals surface area (Å²) in [6, 6.07) is 17.2. The Morgan fingerprint density at radius 2 is 1.55 bits per heavy atom. The van der Waals surface area contributed by atoms with Crippen molar-refractivity contribution in [3.63, 3.8) is 0 Å². The van der Waals surface area contributed by atoms with E-state index in [1.807, 2.05) is 0 Å². The van der Waals surface area contributed by atoms with E-state index in [1.165, 1.54) is 68.4 Å². The van der Waals surface area contributed by atoms with Crippen LogP contribution in [0, 0.1) is 25.5 Å². The Bertz CT molecular complexity index is 1790. The number of rotatable bonds is 6. The van der Waals surface area contributed by atoms with Gasteiger partial charge in [-0.2, -0.15) is 13.2 Å². The van der Waals surface area contributed by atoms with Gasteiger partial charge in [0.25, 0.3) is 17.4 Å². The lowest BCUT2D eigenvalue weighted by molar-refractivity contribution is -0.275. The molecule has 0 saturated carbocycles. The van der Waals surface area contributed by atoms with E-state index in [2.05, 4.69) is 15.8 Å². The highest BCUT2D eigenvalue weighted by Crippen LogP contribution is 2.49. The topological polar surface area (TPSA) is 79.8 Å². The Balaban J connectivity index is 1.39. The highest BCUT2D eigenvalue weighted by Gasteiger charge is 2.62. The van der Waals surface area contributed by atoms with Crippen molar-refractivity contribution < 1.29 is 36.4 Å². The second-order valence-corrected chi connectivity index (χ2v) is 10.6. The molecule has 4 aromatic rings. The number of anilines is 2. The van der Waals surface area contributed by atoms with E-state index in [-0.39, 0.29) is 44.9 Å². The second kappa shape index (κ2) is 11.7. The number of nitrogens with one attached hydrogen (secondary N) is 2. The summed E-state index contributed by atoms with van der Waals surface area (Å²) in [6.45, 7) is 2.98. The fourth-order valence-corrected chi connectivity index (χ4v) is 5.09. The number of nitrogens with zero attached hydrogens (tertiary/aromatic N) is 1. The minimum atomic E-state index is -4.89. The van der Waals surface area contributed by atoms with Crippen LogP contribution in [-0.4, -0.2) is 23.7 Å². The van der Waals surface area contributed by atoms with E-state index in [1.54, 1.807) is 12.1 Å². The summed E-state index contributed by atoms with van der Waals surface area (Å²) >= 11 is 5.92. The van der Waals surface area contributed by atoms with Crippen molar-refractivity contribution in [2.45, 2.75) is 32.0 Å². The van der Waals surface area contributed by atoms with E-state index in [0.29, 0.717) is 5.02 Å². The third kappa shape index (κ3) is 5.87. The lowest BCUT2D eigenvalue weighted by atomic mass is 9.84. The smallest absolute Gasteiger partial charge is 0.374 e. The Morgan fingerprint density at radius 3 is 2.18 bits per heavy atom. The van der Waals surface area contributed by atoms with Gasteiger partial charge in [-0.1, -0.05) is 41.0 Å². The van der Waals surface area contributed by atoms with Gasteiger partial charge in [0, 0.05) is 28.3 Å². The summed E-state index contributed by atoms with van der Waals surface area (Å²) < 4.78 is 72.3. The maximum atomic E-state index is 15.4. The Labute approximate surface area is 253 Å². The van der Waals surface area contributed by atoms with E-state index in [4.69, 9.17) is 16.4 Å². The largest absolute Gasteiger partial charge is 0.435 e. The molecule has 12 heteroatoms. The fraction of sp³-hybridized carbons (Fsp3) is 0.156. The van der Waals surface area contributed by atoms with Crippen molar-refractivity contribution in [2.24, 2.45) is 5.16 Å². The molecular formula is C32H23ClF5N3O3. The average Bonchev–Trinajstić information content (AvgIpc) is 3.43. The van der Waals surface area contributed by atoms with E-state index in [0.717, 1.165) is 12.1 Å². The number of benzene rings is 4. The molecule has 2 N–H and O–H groups in total. The fourth-order valence-electron chi connectivity index (χ4n) is 4.90. The summed E-state index contributed by atoms with van der Waals surface area (Å²) in [7, 11) is 0. The molecule has 1 aliphatic heterocycles. The van der Waals surface area contributed by atoms with E-state index >= 15 is 4.39 Å². The van der Waals surface area contributed by atoms with Crippen LogP contribution in [0.15, 0.2) is 84.0 Å². The van der Waals surface area contributed by atoms with Crippen molar-refractivity contribution in [3.05, 3.63) is 129 Å². The van der Waals surface area contributed by atoms with Crippen LogP contribution in [0.2, 0.25) is 5.02 Å². The first kappa shape index (κ1) is 30.7. The third-order valence-corrected chi connectivity index (χ3v) is 7.41. The predicted octanol–water partition coefficient (Wildman–Crippen LogP) is 8.32. The van der Waals surface area contributed by atoms with Crippen molar-refractivity contribution >= 4 is 40.5 Å². The molecule has 5 rings (SSSR count). The van der Waals surface area contributed by atoms with Crippen LogP contribution in [0.4, 0.5) is 33.3 Å². The molecule has 0 radical (unpaired) electrons. The van der Waals surface area contributed by atoms with Gasteiger partial charge in [-0.15, -0.1) is 0 Å². The predicted molar refractivity (Wildman–Crippen MR) is 156 cm³/mol. The maximum Gasteiger partial charge on any atom is 0.435 e. The average molecular weight is 628 g/mol. The van der Waals surface area contributed by atoms with Crippen LogP contribution in [0.5, 0.6) is 0 Å². The standard InChI is InChI=1S/C32H23ClF5N3O3/c1-17-13-21(31(32(36,37)38)16-26(41-44-31)19-9-11-23(34)12-10-19)14-18(2)28(17)40-30(43)24-7-4-8-25(27(24)35)39-29(42)20-5-3-6-22(33)15-20/h3-15H,16H2,1-2H3,(H,39,42)(H,40,43). The van der Waals surface area contributed by atoms with Gasteiger partial charge in [0.15, 0.2) is 5.82 Å². The molecule has 0 spiro atoms. The van der Waals surface area contributed by atoms with Crippen molar-refractivity contribution in [3.8, 4) is 0 Å². The number of alkyl halides is 3. The monoisotopic (exact) mass is 627 g/mol. The number of oxime groups is 1. The number of carbonyl (C=O) groups is 2. The molecule has 44 heavy (non-hydrogen) atoms. The Morgan fingerprint density at radius 1 is 0.886 bits per heavy atom. The van der Waals surface area contributed by atoms with Crippen LogP contribution >= 0.6 is 11.6 Å². The van der Waals surface area contributed by atoms with Crippen LogP contribution in [-0.2, 0) is 10.4 Å². The lowest BCUT2D eigenvalue weighted by Gasteiger charge is -2.30. The highest BCUT2D eigenvalue weighted by molar-refractivity contribution is 6.31. The summed E-state index contributed by atoms with van der Waals surface area (Å²) in [4.78, 5) is 30.8. The molecule has 0 saturated heterocycles. The lowest BCUT2D eigenvalue weighted by Crippen LogP contribution is -2.42. The summed E-state index contributed by atoms with van der Waals surface area (Å²) in [5, 5.41) is 8.98. The number of carbonyl (C=O) groups excluding carboxylic acids is 2. The molecule has 0 aliphatic carbocycles. The molecule has 2 amide bonds. The first-order valence-corrected chi connectivity index (χ1v) is 13.5. The SMILES string of the molecule is Cc1cc(C2(C(F)(F)F)CC(c3ccc(F)cc3)=NO2)cc(C)c1NC(=O)c1cccc(NC(=O)c2cccc(Cl)c2)c1F. The molecule has 0 bridgehead atoms. The zero-order valence-electron chi connectivity index (χ0n) is 23.2. The van der Waals surface area contributed by atoms with Crippen molar-refractivity contribution in [1.29, 1.82) is 0 Å². The first-order chi connectivity index (χ1) is 20.8. The molecule has 0 aromatic heterocycles. The molecule has 6 nitrogen and oxygen atoms in total. The van der Waals surface area contributed by atoms with Gasteiger partial charge in [-0.25, -0.2) is 8.78 Å². The Kier molecular flexibility index (Phi) is 8.17. The number of hydrogen-bond donors (Lipinski definition) is 2. The normalized spacial score (nSPS) is 16.2.